The highest BCUT2D eigenvalue weighted by atomic mass is 35.5. The first kappa shape index (κ1) is 20.0. The monoisotopic (exact) mass is 399 g/mol. The fraction of sp³-hybridized carbons (Fsp3) is 0.250. The van der Waals surface area contributed by atoms with E-state index in [1.807, 2.05) is 0 Å². The number of carbonyl (C=O) groups excluding carboxylic acids is 1. The molecule has 140 valence electrons. The Kier molecular flexibility index (Phi) is 6.41. The van der Waals surface area contributed by atoms with Crippen molar-refractivity contribution in [3.05, 3.63) is 46.8 Å². The number of rotatable bonds is 7. The minimum absolute atomic E-state index is 0.00855. The van der Waals surface area contributed by atoms with Crippen molar-refractivity contribution in [1.82, 2.24) is 9.78 Å². The molecule has 0 amide bonds. The Hall–Kier alpha value is -2.36. The normalized spacial score (nSPS) is 11.7. The van der Waals surface area contributed by atoms with Crippen molar-refractivity contribution >= 4 is 33.7 Å². The number of aromatic nitrogens is 2. The molecule has 0 atom stereocenters. The summed E-state index contributed by atoms with van der Waals surface area (Å²) in [6.45, 7) is 1.92. The van der Waals surface area contributed by atoms with Crippen molar-refractivity contribution in [1.29, 1.82) is 0 Å². The van der Waals surface area contributed by atoms with Gasteiger partial charge in [-0.2, -0.15) is 5.10 Å². The number of hydrogen-bond donors (Lipinski definition) is 1. The Balaban J connectivity index is 1.79. The molecule has 0 saturated carbocycles. The molecule has 0 aliphatic heterocycles. The zero-order valence-electron chi connectivity index (χ0n) is 14.2. The molecular weight excluding hydrogens is 382 g/mol. The quantitative estimate of drug-likeness (QED) is 0.430. The number of hydrogen-bond acceptors (Lipinski definition) is 6. The molecule has 1 aromatic carbocycles. The van der Waals surface area contributed by atoms with E-state index in [0.717, 1.165) is 0 Å². The largest absolute Gasteiger partial charge is 0.490 e. The second-order valence-electron chi connectivity index (χ2n) is 5.28. The third kappa shape index (κ3) is 5.32. The van der Waals surface area contributed by atoms with E-state index in [1.165, 1.54) is 35.0 Å². The smallest absolute Gasteiger partial charge is 0.330 e. The van der Waals surface area contributed by atoms with Crippen LogP contribution in [0.25, 0.3) is 6.08 Å². The van der Waals surface area contributed by atoms with Crippen LogP contribution >= 0.6 is 11.6 Å². The van der Waals surface area contributed by atoms with E-state index in [-0.39, 0.29) is 18.1 Å². The summed E-state index contributed by atoms with van der Waals surface area (Å²) in [5.41, 5.74) is 1.35. The lowest BCUT2D eigenvalue weighted by Crippen LogP contribution is -2.12. The maximum absolute atomic E-state index is 11.7. The first-order valence-electron chi connectivity index (χ1n) is 7.48. The van der Waals surface area contributed by atoms with Crippen LogP contribution in [0, 0.1) is 6.92 Å². The number of halogens is 1. The fourth-order valence-corrected chi connectivity index (χ4v) is 2.82. The maximum atomic E-state index is 11.7. The predicted octanol–water partition coefficient (Wildman–Crippen LogP) is 1.66. The van der Waals surface area contributed by atoms with Gasteiger partial charge in [0.15, 0.2) is 0 Å². The minimum atomic E-state index is -3.74. The van der Waals surface area contributed by atoms with Gasteiger partial charge in [0, 0.05) is 18.7 Å². The zero-order valence-corrected chi connectivity index (χ0v) is 15.7. The SMILES string of the molecule is Cc1nn(C)c(Cl)c1C=CC(=O)OCCOc1ccc(S(N)(=O)=O)cc1. The van der Waals surface area contributed by atoms with Gasteiger partial charge in [0.05, 0.1) is 10.6 Å². The molecule has 0 unspecified atom stereocenters. The van der Waals surface area contributed by atoms with E-state index in [1.54, 1.807) is 20.0 Å². The van der Waals surface area contributed by atoms with Crippen LogP contribution in [0.15, 0.2) is 35.2 Å². The Labute approximate surface area is 156 Å². The standard InChI is InChI=1S/C16H18ClN3O5S/c1-11-14(16(17)20(2)19-11)7-8-15(21)25-10-9-24-12-3-5-13(6-4-12)26(18,22)23/h3-8H,9-10H2,1-2H3,(H2,18,22,23). The van der Waals surface area contributed by atoms with Gasteiger partial charge in [-0.15, -0.1) is 0 Å². The molecule has 0 aliphatic rings. The Morgan fingerprint density at radius 2 is 1.96 bits per heavy atom. The van der Waals surface area contributed by atoms with E-state index in [0.29, 0.717) is 22.2 Å². The van der Waals surface area contributed by atoms with Crippen LogP contribution < -0.4 is 9.88 Å². The number of aryl methyl sites for hydroxylation is 2. The summed E-state index contributed by atoms with van der Waals surface area (Å²) in [4.78, 5) is 11.7. The molecule has 1 heterocycles. The van der Waals surface area contributed by atoms with Gasteiger partial charge in [-0.1, -0.05) is 11.6 Å². The van der Waals surface area contributed by atoms with Crippen molar-refractivity contribution in [2.24, 2.45) is 12.2 Å². The number of ether oxygens (including phenoxy) is 2. The Bertz CT molecular complexity index is 920. The average Bonchev–Trinajstić information content (AvgIpc) is 2.82. The minimum Gasteiger partial charge on any atom is -0.490 e. The van der Waals surface area contributed by atoms with Gasteiger partial charge in [-0.25, -0.2) is 18.4 Å². The first-order chi connectivity index (χ1) is 12.2. The van der Waals surface area contributed by atoms with Crippen molar-refractivity contribution in [3.63, 3.8) is 0 Å². The number of nitrogens with two attached hydrogens (primary N) is 1. The zero-order chi connectivity index (χ0) is 19.3. The molecule has 0 spiro atoms. The average molecular weight is 400 g/mol. The number of esters is 1. The lowest BCUT2D eigenvalue weighted by molar-refractivity contribution is -0.138. The number of carbonyl (C=O) groups is 1. The van der Waals surface area contributed by atoms with E-state index in [9.17, 15) is 13.2 Å². The molecule has 0 saturated heterocycles. The summed E-state index contributed by atoms with van der Waals surface area (Å²) in [7, 11) is -2.03. The Morgan fingerprint density at radius 1 is 1.31 bits per heavy atom. The Morgan fingerprint density at radius 3 is 2.50 bits per heavy atom. The van der Waals surface area contributed by atoms with E-state index in [4.69, 9.17) is 26.2 Å². The van der Waals surface area contributed by atoms with Gasteiger partial charge < -0.3 is 9.47 Å². The van der Waals surface area contributed by atoms with Crippen LogP contribution in [0.3, 0.4) is 0 Å². The van der Waals surface area contributed by atoms with Crippen molar-refractivity contribution in [2.75, 3.05) is 13.2 Å². The maximum Gasteiger partial charge on any atom is 0.330 e. The molecule has 0 aliphatic carbocycles. The lowest BCUT2D eigenvalue weighted by atomic mass is 10.2. The van der Waals surface area contributed by atoms with E-state index >= 15 is 0 Å². The second kappa shape index (κ2) is 8.35. The third-order valence-corrected chi connectivity index (χ3v) is 4.71. The van der Waals surface area contributed by atoms with Gasteiger partial charge in [0.2, 0.25) is 10.0 Å². The number of nitrogens with zero attached hydrogens (tertiary/aromatic N) is 2. The van der Waals surface area contributed by atoms with Crippen molar-refractivity contribution in [3.8, 4) is 5.75 Å². The van der Waals surface area contributed by atoms with Crippen molar-refractivity contribution < 1.29 is 22.7 Å². The number of benzene rings is 1. The predicted molar refractivity (Wildman–Crippen MR) is 96.3 cm³/mol. The van der Waals surface area contributed by atoms with Crippen LogP contribution in [0.5, 0.6) is 5.75 Å². The molecular formula is C16H18ClN3O5S. The van der Waals surface area contributed by atoms with Gasteiger partial charge in [-0.3, -0.25) is 4.68 Å². The summed E-state index contributed by atoms with van der Waals surface area (Å²) < 4.78 is 34.2. The van der Waals surface area contributed by atoms with Crippen molar-refractivity contribution in [2.45, 2.75) is 11.8 Å². The number of primary sulfonamides is 1. The number of sulfonamides is 1. The second-order valence-corrected chi connectivity index (χ2v) is 7.20. The van der Waals surface area contributed by atoms with E-state index < -0.39 is 16.0 Å². The lowest BCUT2D eigenvalue weighted by Gasteiger charge is -2.07. The molecule has 26 heavy (non-hydrogen) atoms. The molecule has 10 heteroatoms. The van der Waals surface area contributed by atoms with Gasteiger partial charge >= 0.3 is 5.97 Å². The molecule has 8 nitrogen and oxygen atoms in total. The van der Waals surface area contributed by atoms with Crippen LogP contribution in [0.1, 0.15) is 11.3 Å². The van der Waals surface area contributed by atoms with Gasteiger partial charge in [0.1, 0.15) is 24.1 Å². The highest BCUT2D eigenvalue weighted by Crippen LogP contribution is 2.20. The highest BCUT2D eigenvalue weighted by Gasteiger charge is 2.09. The summed E-state index contributed by atoms with van der Waals surface area (Å²) >= 11 is 6.06. The molecule has 0 bridgehead atoms. The molecule has 2 aromatic rings. The van der Waals surface area contributed by atoms with Crippen LogP contribution in [-0.2, 0) is 26.6 Å². The summed E-state index contributed by atoms with van der Waals surface area (Å²) in [5, 5.41) is 9.57. The molecule has 0 radical (unpaired) electrons. The van der Waals surface area contributed by atoms with Crippen LogP contribution in [-0.4, -0.2) is 37.4 Å². The summed E-state index contributed by atoms with van der Waals surface area (Å²) in [5.74, 6) is -0.112. The molecule has 2 rings (SSSR count). The fourth-order valence-electron chi connectivity index (χ4n) is 2.06. The van der Waals surface area contributed by atoms with Crippen LogP contribution in [0.2, 0.25) is 5.15 Å². The topological polar surface area (TPSA) is 114 Å². The third-order valence-electron chi connectivity index (χ3n) is 3.33. The molecule has 2 N–H and O–H groups in total. The van der Waals surface area contributed by atoms with E-state index in [2.05, 4.69) is 5.10 Å². The summed E-state index contributed by atoms with van der Waals surface area (Å²) in [6, 6.07) is 5.60. The summed E-state index contributed by atoms with van der Waals surface area (Å²) in [6.07, 6.45) is 2.80. The first-order valence-corrected chi connectivity index (χ1v) is 9.40. The highest BCUT2D eigenvalue weighted by molar-refractivity contribution is 7.89. The molecule has 0 fully saturated rings. The molecule has 1 aromatic heterocycles. The van der Waals surface area contributed by atoms with Gasteiger partial charge in [-0.05, 0) is 37.3 Å². The van der Waals surface area contributed by atoms with Gasteiger partial charge in [0.25, 0.3) is 0 Å². The van der Waals surface area contributed by atoms with Crippen LogP contribution in [0.4, 0.5) is 0 Å².